The van der Waals surface area contributed by atoms with Crippen LogP contribution in [0.3, 0.4) is 0 Å². The maximum absolute atomic E-state index is 8.97. The van der Waals surface area contributed by atoms with Gasteiger partial charge in [-0.25, -0.2) is 0 Å². The summed E-state index contributed by atoms with van der Waals surface area (Å²) in [5.74, 6) is 1.53. The van der Waals surface area contributed by atoms with Gasteiger partial charge < -0.3 is 4.74 Å². The Bertz CT molecular complexity index is 631. The SMILES string of the molecule is Cc1ccc(SCCOc2ccccc2C#N)cc1C. The lowest BCUT2D eigenvalue weighted by molar-refractivity contribution is 0.343. The quantitative estimate of drug-likeness (QED) is 0.604. The van der Waals surface area contributed by atoms with Crippen LogP contribution >= 0.6 is 11.8 Å². The minimum absolute atomic E-state index is 0.587. The van der Waals surface area contributed by atoms with Crippen molar-refractivity contribution >= 4 is 11.8 Å². The first kappa shape index (κ1) is 14.5. The van der Waals surface area contributed by atoms with Crippen LogP contribution in [0.15, 0.2) is 47.4 Å². The lowest BCUT2D eigenvalue weighted by atomic mass is 10.1. The topological polar surface area (TPSA) is 33.0 Å². The van der Waals surface area contributed by atoms with Crippen molar-refractivity contribution in [3.8, 4) is 11.8 Å². The molecular weight excluding hydrogens is 266 g/mol. The zero-order valence-corrected chi connectivity index (χ0v) is 12.5. The number of para-hydroxylation sites is 1. The molecule has 0 aromatic heterocycles. The molecule has 0 aliphatic heterocycles. The lowest BCUT2D eigenvalue weighted by Crippen LogP contribution is -2.01. The molecule has 0 spiro atoms. The third kappa shape index (κ3) is 3.79. The Morgan fingerprint density at radius 1 is 1.10 bits per heavy atom. The van der Waals surface area contributed by atoms with E-state index in [9.17, 15) is 0 Å². The van der Waals surface area contributed by atoms with E-state index in [4.69, 9.17) is 10.00 Å². The van der Waals surface area contributed by atoms with Crippen molar-refractivity contribution < 1.29 is 4.74 Å². The van der Waals surface area contributed by atoms with Gasteiger partial charge in [0.1, 0.15) is 11.8 Å². The zero-order valence-electron chi connectivity index (χ0n) is 11.7. The first-order chi connectivity index (χ1) is 9.70. The van der Waals surface area contributed by atoms with Gasteiger partial charge >= 0.3 is 0 Å². The van der Waals surface area contributed by atoms with Gasteiger partial charge in [-0.05, 0) is 49.2 Å². The Morgan fingerprint density at radius 3 is 2.65 bits per heavy atom. The van der Waals surface area contributed by atoms with Gasteiger partial charge in [0.15, 0.2) is 0 Å². The van der Waals surface area contributed by atoms with E-state index in [-0.39, 0.29) is 0 Å². The molecule has 3 heteroatoms. The highest BCUT2D eigenvalue weighted by Crippen LogP contribution is 2.22. The standard InChI is InChI=1S/C17H17NOS/c1-13-7-8-16(11-14(13)2)20-10-9-19-17-6-4-3-5-15(17)12-18/h3-8,11H,9-10H2,1-2H3. The predicted octanol–water partition coefficient (Wildman–Crippen LogP) is 4.35. The van der Waals surface area contributed by atoms with Gasteiger partial charge in [-0.1, -0.05) is 18.2 Å². The third-order valence-corrected chi connectivity index (χ3v) is 4.05. The second-order valence-electron chi connectivity index (χ2n) is 4.55. The Kier molecular flexibility index (Phi) is 5.09. The minimum Gasteiger partial charge on any atom is -0.491 e. The Labute approximate surface area is 124 Å². The second-order valence-corrected chi connectivity index (χ2v) is 5.72. The van der Waals surface area contributed by atoms with Crippen molar-refractivity contribution in [1.29, 1.82) is 5.26 Å². The van der Waals surface area contributed by atoms with Crippen molar-refractivity contribution in [3.05, 3.63) is 59.2 Å². The molecule has 0 unspecified atom stereocenters. The molecule has 0 saturated heterocycles. The van der Waals surface area contributed by atoms with E-state index in [0.29, 0.717) is 17.9 Å². The van der Waals surface area contributed by atoms with E-state index in [1.54, 1.807) is 17.8 Å². The average Bonchev–Trinajstić information content (AvgIpc) is 2.47. The highest BCUT2D eigenvalue weighted by Gasteiger charge is 2.02. The minimum atomic E-state index is 0.587. The highest BCUT2D eigenvalue weighted by atomic mass is 32.2. The molecule has 0 amide bonds. The monoisotopic (exact) mass is 283 g/mol. The van der Waals surface area contributed by atoms with Gasteiger partial charge in [0.05, 0.1) is 12.2 Å². The van der Waals surface area contributed by atoms with Gasteiger partial charge in [0, 0.05) is 10.6 Å². The Hall–Kier alpha value is -1.92. The van der Waals surface area contributed by atoms with E-state index < -0.39 is 0 Å². The number of benzene rings is 2. The summed E-state index contributed by atoms with van der Waals surface area (Å²) in [4.78, 5) is 1.25. The summed E-state index contributed by atoms with van der Waals surface area (Å²) < 4.78 is 5.66. The summed E-state index contributed by atoms with van der Waals surface area (Å²) in [6.45, 7) is 4.83. The molecule has 0 atom stereocenters. The Morgan fingerprint density at radius 2 is 1.90 bits per heavy atom. The van der Waals surface area contributed by atoms with Crippen LogP contribution in [0.2, 0.25) is 0 Å². The molecule has 2 aromatic rings. The summed E-state index contributed by atoms with van der Waals surface area (Å²) in [6.07, 6.45) is 0. The smallest absolute Gasteiger partial charge is 0.137 e. The molecule has 0 fully saturated rings. The van der Waals surface area contributed by atoms with Crippen LogP contribution in [-0.4, -0.2) is 12.4 Å². The van der Waals surface area contributed by atoms with Crippen LogP contribution in [0.5, 0.6) is 5.75 Å². The fourth-order valence-corrected chi connectivity index (χ4v) is 2.63. The zero-order chi connectivity index (χ0) is 14.4. The number of nitriles is 1. The largest absolute Gasteiger partial charge is 0.491 e. The molecule has 20 heavy (non-hydrogen) atoms. The molecule has 0 saturated carbocycles. The number of hydrogen-bond acceptors (Lipinski definition) is 3. The molecule has 2 nitrogen and oxygen atoms in total. The molecule has 0 radical (unpaired) electrons. The van der Waals surface area contributed by atoms with Crippen molar-refractivity contribution in [2.75, 3.05) is 12.4 Å². The molecule has 2 aromatic carbocycles. The molecular formula is C17H17NOS. The van der Waals surface area contributed by atoms with Crippen LogP contribution in [0.4, 0.5) is 0 Å². The summed E-state index contributed by atoms with van der Waals surface area (Å²) >= 11 is 1.77. The second kappa shape index (κ2) is 7.02. The lowest BCUT2D eigenvalue weighted by Gasteiger charge is -2.08. The average molecular weight is 283 g/mol. The van der Waals surface area contributed by atoms with Crippen LogP contribution in [-0.2, 0) is 0 Å². The molecule has 0 aliphatic rings. The number of nitrogens with zero attached hydrogens (tertiary/aromatic N) is 1. The predicted molar refractivity (Wildman–Crippen MR) is 83.3 cm³/mol. The van der Waals surface area contributed by atoms with Gasteiger partial charge in [-0.3, -0.25) is 0 Å². The van der Waals surface area contributed by atoms with Gasteiger partial charge in [-0.2, -0.15) is 5.26 Å². The van der Waals surface area contributed by atoms with Crippen molar-refractivity contribution in [1.82, 2.24) is 0 Å². The normalized spacial score (nSPS) is 10.1. The number of rotatable bonds is 5. The van der Waals surface area contributed by atoms with Crippen LogP contribution < -0.4 is 4.74 Å². The molecule has 102 valence electrons. The first-order valence-corrected chi connectivity index (χ1v) is 7.51. The van der Waals surface area contributed by atoms with Crippen molar-refractivity contribution in [3.63, 3.8) is 0 Å². The maximum atomic E-state index is 8.97. The fourth-order valence-electron chi connectivity index (χ4n) is 1.80. The number of hydrogen-bond donors (Lipinski definition) is 0. The molecule has 0 bridgehead atoms. The van der Waals surface area contributed by atoms with Gasteiger partial charge in [0.25, 0.3) is 0 Å². The molecule has 0 heterocycles. The summed E-state index contributed by atoms with van der Waals surface area (Å²) in [5, 5.41) is 8.97. The van der Waals surface area contributed by atoms with Crippen LogP contribution in [0.25, 0.3) is 0 Å². The maximum Gasteiger partial charge on any atom is 0.137 e. The van der Waals surface area contributed by atoms with E-state index >= 15 is 0 Å². The fraction of sp³-hybridized carbons (Fsp3) is 0.235. The summed E-state index contributed by atoms with van der Waals surface area (Å²) in [7, 11) is 0. The van der Waals surface area contributed by atoms with E-state index in [0.717, 1.165) is 5.75 Å². The van der Waals surface area contributed by atoms with Crippen LogP contribution in [0, 0.1) is 25.2 Å². The van der Waals surface area contributed by atoms with E-state index in [2.05, 4.69) is 38.1 Å². The Balaban J connectivity index is 1.85. The molecule has 2 rings (SSSR count). The molecule has 0 N–H and O–H groups in total. The van der Waals surface area contributed by atoms with Crippen molar-refractivity contribution in [2.45, 2.75) is 18.7 Å². The van der Waals surface area contributed by atoms with Crippen molar-refractivity contribution in [2.24, 2.45) is 0 Å². The molecule has 0 aliphatic carbocycles. The highest BCUT2D eigenvalue weighted by molar-refractivity contribution is 7.99. The number of ether oxygens (including phenoxy) is 1. The number of aryl methyl sites for hydroxylation is 2. The summed E-state index contributed by atoms with van der Waals surface area (Å²) in [5.41, 5.74) is 3.21. The first-order valence-electron chi connectivity index (χ1n) is 6.52. The van der Waals surface area contributed by atoms with Crippen LogP contribution in [0.1, 0.15) is 16.7 Å². The number of thioether (sulfide) groups is 1. The summed E-state index contributed by atoms with van der Waals surface area (Å²) in [6, 6.07) is 15.9. The van der Waals surface area contributed by atoms with E-state index in [1.807, 2.05) is 18.2 Å². The van der Waals surface area contributed by atoms with Gasteiger partial charge in [0.2, 0.25) is 0 Å². The third-order valence-electron chi connectivity index (χ3n) is 3.10. The van der Waals surface area contributed by atoms with E-state index in [1.165, 1.54) is 16.0 Å². The van der Waals surface area contributed by atoms with Gasteiger partial charge in [-0.15, -0.1) is 11.8 Å².